The maximum Gasteiger partial charge on any atom is 0.259 e. The van der Waals surface area contributed by atoms with E-state index in [1.54, 1.807) is 30.3 Å². The number of hydrogen-bond donors (Lipinski definition) is 0. The van der Waals surface area contributed by atoms with E-state index >= 15 is 0 Å². The number of hydrogen-bond acceptors (Lipinski definition) is 3. The molecule has 0 unspecified atom stereocenters. The Balaban J connectivity index is 2.28. The van der Waals surface area contributed by atoms with Crippen LogP contribution in [-0.2, 0) is 4.79 Å². The van der Waals surface area contributed by atoms with Crippen LogP contribution in [0.15, 0.2) is 36.4 Å². The molecule has 2 aromatic carbocycles. The van der Waals surface area contributed by atoms with Crippen molar-refractivity contribution in [2.45, 2.75) is 0 Å². The summed E-state index contributed by atoms with van der Waals surface area (Å²) in [6.07, 6.45) is 0. The van der Waals surface area contributed by atoms with E-state index in [-0.39, 0.29) is 12.4 Å². The molecule has 0 heterocycles. The van der Waals surface area contributed by atoms with Crippen molar-refractivity contribution in [3.8, 4) is 17.2 Å². The second kappa shape index (κ2) is 7.23. The van der Waals surface area contributed by atoms with Gasteiger partial charge in [0.2, 0.25) is 0 Å². The number of rotatable bonds is 5. The molecule has 0 N–H and O–H groups in total. The summed E-state index contributed by atoms with van der Waals surface area (Å²) in [5.41, 5.74) is 0. The molecule has 110 valence electrons. The number of benzene rings is 2. The van der Waals surface area contributed by atoms with Gasteiger partial charge in [0.15, 0.2) is 18.1 Å². The van der Waals surface area contributed by atoms with Crippen molar-refractivity contribution in [3.63, 3.8) is 0 Å². The van der Waals surface area contributed by atoms with Gasteiger partial charge in [-0.15, -0.1) is 0 Å². The first-order chi connectivity index (χ1) is 9.95. The normalized spacial score (nSPS) is 10.3. The molecule has 0 spiro atoms. The van der Waals surface area contributed by atoms with Crippen molar-refractivity contribution in [1.29, 1.82) is 0 Å². The van der Waals surface area contributed by atoms with Gasteiger partial charge in [-0.25, -0.2) is 0 Å². The Morgan fingerprint density at radius 2 is 1.52 bits per heavy atom. The summed E-state index contributed by atoms with van der Waals surface area (Å²) in [4.78, 5) is 10.8. The van der Waals surface area contributed by atoms with E-state index in [0.717, 1.165) is 0 Å². The molecule has 0 aliphatic rings. The van der Waals surface area contributed by atoms with Gasteiger partial charge in [0.25, 0.3) is 5.24 Å². The van der Waals surface area contributed by atoms with Crippen LogP contribution in [0.1, 0.15) is 0 Å². The Kier molecular flexibility index (Phi) is 5.59. The molecule has 7 heteroatoms. The van der Waals surface area contributed by atoms with Crippen LogP contribution in [0.5, 0.6) is 17.2 Å². The quantitative estimate of drug-likeness (QED) is 0.648. The molecule has 0 saturated heterocycles. The molecule has 0 amide bonds. The van der Waals surface area contributed by atoms with E-state index in [1.165, 1.54) is 6.07 Å². The smallest absolute Gasteiger partial charge is 0.259 e. The maximum absolute atomic E-state index is 10.8. The van der Waals surface area contributed by atoms with Gasteiger partial charge in [-0.1, -0.05) is 34.8 Å². The second-order valence-electron chi connectivity index (χ2n) is 3.91. The summed E-state index contributed by atoms with van der Waals surface area (Å²) >= 11 is 23.0. The number of halogens is 4. The maximum atomic E-state index is 10.8. The lowest BCUT2D eigenvalue weighted by Crippen LogP contribution is -2.05. The average Bonchev–Trinajstić information content (AvgIpc) is 2.41. The fourth-order valence-corrected chi connectivity index (χ4v) is 2.15. The van der Waals surface area contributed by atoms with Gasteiger partial charge in [0.05, 0.1) is 5.02 Å². The van der Waals surface area contributed by atoms with Gasteiger partial charge in [-0.2, -0.15) is 0 Å². The first kappa shape index (κ1) is 16.2. The molecule has 0 atom stereocenters. The third-order valence-corrected chi connectivity index (χ3v) is 3.24. The monoisotopic (exact) mass is 364 g/mol. The third kappa shape index (κ3) is 4.68. The minimum Gasteiger partial charge on any atom is -0.480 e. The second-order valence-corrected chi connectivity index (χ2v) is 5.61. The number of carbonyl (C=O) groups is 1. The lowest BCUT2D eigenvalue weighted by Gasteiger charge is -2.13. The highest BCUT2D eigenvalue weighted by atomic mass is 35.5. The molecule has 0 radical (unpaired) electrons. The van der Waals surface area contributed by atoms with Crippen LogP contribution in [0, 0.1) is 0 Å². The standard InChI is InChI=1S/C14H8Cl4O3/c15-8-1-3-11(10(17)5-8)21-12-4-2-9(16)6-13(12)20-7-14(18)19/h1-6H,7H2. The van der Waals surface area contributed by atoms with Crippen LogP contribution in [0.25, 0.3) is 0 Å². The van der Waals surface area contributed by atoms with Crippen molar-refractivity contribution < 1.29 is 14.3 Å². The minimum atomic E-state index is -0.634. The molecule has 0 aliphatic heterocycles. The summed E-state index contributed by atoms with van der Waals surface area (Å²) in [6.45, 7) is -0.299. The molecule has 0 bridgehead atoms. The zero-order valence-corrected chi connectivity index (χ0v) is 13.4. The lowest BCUT2D eigenvalue weighted by molar-refractivity contribution is -0.113. The molecule has 2 aromatic rings. The highest BCUT2D eigenvalue weighted by molar-refractivity contribution is 6.63. The summed E-state index contributed by atoms with van der Waals surface area (Å²) in [5, 5.41) is 0.636. The van der Waals surface area contributed by atoms with Gasteiger partial charge in [0.1, 0.15) is 5.75 Å². The average molecular weight is 366 g/mol. The predicted molar refractivity (Wildman–Crippen MR) is 84.3 cm³/mol. The third-order valence-electron chi connectivity index (χ3n) is 2.36. The van der Waals surface area contributed by atoms with Gasteiger partial charge < -0.3 is 9.47 Å². The number of carbonyl (C=O) groups excluding carboxylic acids is 1. The van der Waals surface area contributed by atoms with Crippen molar-refractivity contribution in [3.05, 3.63) is 51.5 Å². The van der Waals surface area contributed by atoms with E-state index in [9.17, 15) is 4.79 Å². The van der Waals surface area contributed by atoms with E-state index in [2.05, 4.69) is 0 Å². The Morgan fingerprint density at radius 3 is 2.14 bits per heavy atom. The fourth-order valence-electron chi connectivity index (χ4n) is 1.49. The van der Waals surface area contributed by atoms with Crippen molar-refractivity contribution in [1.82, 2.24) is 0 Å². The minimum absolute atomic E-state index is 0.280. The summed E-state index contributed by atoms with van der Waals surface area (Å²) in [5.74, 6) is 1.02. The fraction of sp³-hybridized carbons (Fsp3) is 0.0714. The van der Waals surface area contributed by atoms with Crippen LogP contribution in [0.4, 0.5) is 0 Å². The van der Waals surface area contributed by atoms with Crippen molar-refractivity contribution in [2.24, 2.45) is 0 Å². The number of ether oxygens (including phenoxy) is 2. The molecule has 21 heavy (non-hydrogen) atoms. The molecule has 0 fully saturated rings. The van der Waals surface area contributed by atoms with E-state index in [1.807, 2.05) is 0 Å². The van der Waals surface area contributed by atoms with Crippen LogP contribution in [0.2, 0.25) is 15.1 Å². The van der Waals surface area contributed by atoms with Crippen molar-refractivity contribution >= 4 is 51.6 Å². The molecular formula is C14H8Cl4O3. The van der Waals surface area contributed by atoms with Gasteiger partial charge in [-0.3, -0.25) is 4.79 Å². The zero-order chi connectivity index (χ0) is 15.4. The Morgan fingerprint density at radius 1 is 0.905 bits per heavy atom. The van der Waals surface area contributed by atoms with Gasteiger partial charge in [-0.05, 0) is 41.9 Å². The molecule has 3 nitrogen and oxygen atoms in total. The van der Waals surface area contributed by atoms with Crippen LogP contribution in [0.3, 0.4) is 0 Å². The predicted octanol–water partition coefficient (Wildman–Crippen LogP) is 5.58. The van der Waals surface area contributed by atoms with Crippen LogP contribution < -0.4 is 9.47 Å². The zero-order valence-electron chi connectivity index (χ0n) is 10.4. The molecule has 0 aromatic heterocycles. The Bertz CT molecular complexity index is 673. The summed E-state index contributed by atoms with van der Waals surface area (Å²) in [7, 11) is 0. The summed E-state index contributed by atoms with van der Waals surface area (Å²) in [6, 6.07) is 9.55. The van der Waals surface area contributed by atoms with Crippen molar-refractivity contribution in [2.75, 3.05) is 6.61 Å². The first-order valence-corrected chi connectivity index (χ1v) is 7.20. The van der Waals surface area contributed by atoms with Gasteiger partial charge in [0, 0.05) is 16.1 Å². The van der Waals surface area contributed by atoms with E-state index in [0.29, 0.717) is 26.6 Å². The first-order valence-electron chi connectivity index (χ1n) is 5.69. The highest BCUT2D eigenvalue weighted by Crippen LogP contribution is 2.37. The van der Waals surface area contributed by atoms with E-state index in [4.69, 9.17) is 55.9 Å². The largest absolute Gasteiger partial charge is 0.480 e. The molecular weight excluding hydrogens is 358 g/mol. The molecule has 0 saturated carbocycles. The Labute approximate surface area is 141 Å². The van der Waals surface area contributed by atoms with Crippen LogP contribution >= 0.6 is 46.4 Å². The van der Waals surface area contributed by atoms with Gasteiger partial charge >= 0.3 is 0 Å². The van der Waals surface area contributed by atoms with Crippen LogP contribution in [-0.4, -0.2) is 11.8 Å². The lowest BCUT2D eigenvalue weighted by atomic mass is 10.3. The Hall–Kier alpha value is -1.13. The summed E-state index contributed by atoms with van der Waals surface area (Å²) < 4.78 is 10.9. The van der Waals surface area contributed by atoms with E-state index < -0.39 is 5.24 Å². The highest BCUT2D eigenvalue weighted by Gasteiger charge is 2.11. The SMILES string of the molecule is O=C(Cl)COc1cc(Cl)ccc1Oc1ccc(Cl)cc1Cl. The molecule has 2 rings (SSSR count). The molecule has 0 aliphatic carbocycles. The topological polar surface area (TPSA) is 35.5 Å².